The minimum Gasteiger partial charge on any atom is -0.477 e. The number of carboxylic acids is 1. The van der Waals surface area contributed by atoms with Gasteiger partial charge in [0.15, 0.2) is 0 Å². The standard InChI is InChI=1S/C16H16ClNO4/c1-3-22-16(21)14-9(2)18-13(15(19)20)8-12(14)10-4-6-11(17)7-5-10/h4-8,12,18H,3H2,1-2H3,(H,19,20)/t12-/m1/s1. The van der Waals surface area contributed by atoms with Gasteiger partial charge in [-0.25, -0.2) is 9.59 Å². The average Bonchev–Trinajstić information content (AvgIpc) is 2.47. The van der Waals surface area contributed by atoms with Crippen molar-refractivity contribution in [2.24, 2.45) is 0 Å². The van der Waals surface area contributed by atoms with E-state index < -0.39 is 17.9 Å². The molecule has 116 valence electrons. The number of ether oxygens (including phenoxy) is 1. The molecule has 0 bridgehead atoms. The fraction of sp³-hybridized carbons (Fsp3) is 0.250. The van der Waals surface area contributed by atoms with E-state index in [-0.39, 0.29) is 12.3 Å². The second-order valence-corrected chi connectivity index (χ2v) is 5.24. The maximum absolute atomic E-state index is 12.2. The van der Waals surface area contributed by atoms with Crippen molar-refractivity contribution in [1.29, 1.82) is 0 Å². The van der Waals surface area contributed by atoms with E-state index in [4.69, 9.17) is 16.3 Å². The summed E-state index contributed by atoms with van der Waals surface area (Å²) in [6.07, 6.45) is 1.50. The summed E-state index contributed by atoms with van der Waals surface area (Å²) in [7, 11) is 0. The van der Waals surface area contributed by atoms with Crippen LogP contribution in [0.1, 0.15) is 25.3 Å². The first kappa shape index (κ1) is 16.1. The third-order valence-electron chi connectivity index (χ3n) is 3.33. The maximum Gasteiger partial charge on any atom is 0.351 e. The number of rotatable bonds is 4. The Hall–Kier alpha value is -2.27. The number of benzene rings is 1. The number of carboxylic acid groups (broad SMARTS) is 1. The number of hydrogen-bond donors (Lipinski definition) is 2. The van der Waals surface area contributed by atoms with Crippen molar-refractivity contribution in [3.63, 3.8) is 0 Å². The summed E-state index contributed by atoms with van der Waals surface area (Å²) in [6.45, 7) is 3.63. The van der Waals surface area contributed by atoms with Crippen molar-refractivity contribution < 1.29 is 19.4 Å². The zero-order valence-electron chi connectivity index (χ0n) is 12.2. The Bertz CT molecular complexity index is 661. The van der Waals surface area contributed by atoms with Gasteiger partial charge in [-0.15, -0.1) is 0 Å². The van der Waals surface area contributed by atoms with Gasteiger partial charge in [0.1, 0.15) is 5.70 Å². The molecule has 0 radical (unpaired) electrons. The van der Waals surface area contributed by atoms with Crippen molar-refractivity contribution in [2.45, 2.75) is 19.8 Å². The largest absolute Gasteiger partial charge is 0.477 e. The molecular weight excluding hydrogens is 306 g/mol. The molecule has 0 unspecified atom stereocenters. The zero-order chi connectivity index (χ0) is 16.3. The second-order valence-electron chi connectivity index (χ2n) is 4.80. The summed E-state index contributed by atoms with van der Waals surface area (Å²) < 4.78 is 5.08. The Morgan fingerprint density at radius 3 is 2.50 bits per heavy atom. The SMILES string of the molecule is CCOC(=O)C1=C(C)NC(C(=O)O)=C[C@@H]1c1ccc(Cl)cc1. The molecule has 0 fully saturated rings. The molecule has 2 rings (SSSR count). The van der Waals surface area contributed by atoms with Crippen LogP contribution in [0.4, 0.5) is 0 Å². The quantitative estimate of drug-likeness (QED) is 0.834. The van der Waals surface area contributed by atoms with Crippen LogP contribution in [-0.4, -0.2) is 23.7 Å². The van der Waals surface area contributed by atoms with E-state index in [1.807, 2.05) is 0 Å². The van der Waals surface area contributed by atoms with E-state index >= 15 is 0 Å². The second kappa shape index (κ2) is 6.66. The fourth-order valence-corrected chi connectivity index (χ4v) is 2.47. The number of carbonyl (C=O) groups is 2. The number of aliphatic carboxylic acids is 1. The normalized spacial score (nSPS) is 17.6. The lowest BCUT2D eigenvalue weighted by molar-refractivity contribution is -0.139. The van der Waals surface area contributed by atoms with Crippen LogP contribution in [0.2, 0.25) is 5.02 Å². The first-order valence-corrected chi connectivity index (χ1v) is 7.17. The van der Waals surface area contributed by atoms with E-state index in [0.717, 1.165) is 5.56 Å². The van der Waals surface area contributed by atoms with Gasteiger partial charge in [0.05, 0.1) is 12.2 Å². The van der Waals surface area contributed by atoms with Gasteiger partial charge in [-0.3, -0.25) is 0 Å². The molecular formula is C16H16ClNO4. The van der Waals surface area contributed by atoms with E-state index in [1.165, 1.54) is 6.08 Å². The number of halogens is 1. The number of dihydropyridines is 1. The van der Waals surface area contributed by atoms with Crippen molar-refractivity contribution in [1.82, 2.24) is 5.32 Å². The van der Waals surface area contributed by atoms with E-state index in [1.54, 1.807) is 38.1 Å². The number of allylic oxidation sites excluding steroid dienone is 2. The lowest BCUT2D eigenvalue weighted by Crippen LogP contribution is -2.29. The van der Waals surface area contributed by atoms with Gasteiger partial charge in [0.25, 0.3) is 0 Å². The molecule has 0 aromatic heterocycles. The lowest BCUT2D eigenvalue weighted by Gasteiger charge is -2.25. The van der Waals surface area contributed by atoms with Gasteiger partial charge >= 0.3 is 11.9 Å². The van der Waals surface area contributed by atoms with Crippen LogP contribution in [-0.2, 0) is 14.3 Å². The molecule has 1 aromatic rings. The van der Waals surface area contributed by atoms with Gasteiger partial charge in [-0.1, -0.05) is 23.7 Å². The molecule has 22 heavy (non-hydrogen) atoms. The third kappa shape index (κ3) is 3.31. The van der Waals surface area contributed by atoms with Crippen molar-refractivity contribution in [3.05, 3.63) is 57.9 Å². The number of esters is 1. The number of nitrogens with one attached hydrogen (secondary N) is 1. The molecule has 0 saturated carbocycles. The smallest absolute Gasteiger partial charge is 0.351 e. The van der Waals surface area contributed by atoms with Gasteiger partial charge in [-0.05, 0) is 37.6 Å². The predicted molar refractivity (Wildman–Crippen MR) is 82.4 cm³/mol. The number of hydrogen-bond acceptors (Lipinski definition) is 4. The summed E-state index contributed by atoms with van der Waals surface area (Å²) in [5.74, 6) is -2.04. The lowest BCUT2D eigenvalue weighted by atomic mass is 9.86. The van der Waals surface area contributed by atoms with Crippen LogP contribution >= 0.6 is 11.6 Å². The fourth-order valence-electron chi connectivity index (χ4n) is 2.34. The molecule has 1 heterocycles. The zero-order valence-corrected chi connectivity index (χ0v) is 13.0. The summed E-state index contributed by atoms with van der Waals surface area (Å²) in [6, 6.07) is 6.93. The maximum atomic E-state index is 12.2. The third-order valence-corrected chi connectivity index (χ3v) is 3.58. The molecule has 6 heteroatoms. The van der Waals surface area contributed by atoms with E-state index in [0.29, 0.717) is 16.3 Å². The molecule has 0 aliphatic carbocycles. The molecule has 0 saturated heterocycles. The average molecular weight is 322 g/mol. The van der Waals surface area contributed by atoms with Crippen LogP contribution in [0.3, 0.4) is 0 Å². The summed E-state index contributed by atoms with van der Waals surface area (Å²) in [4.78, 5) is 23.5. The summed E-state index contributed by atoms with van der Waals surface area (Å²) >= 11 is 5.88. The molecule has 0 spiro atoms. The van der Waals surface area contributed by atoms with Crippen molar-refractivity contribution in [2.75, 3.05) is 6.61 Å². The highest BCUT2D eigenvalue weighted by Gasteiger charge is 2.30. The first-order chi connectivity index (χ1) is 10.4. The molecule has 1 aliphatic heterocycles. The molecule has 1 atom stereocenters. The Kier molecular flexibility index (Phi) is 4.88. The van der Waals surface area contributed by atoms with Gasteiger partial charge in [0.2, 0.25) is 0 Å². The predicted octanol–water partition coefficient (Wildman–Crippen LogP) is 2.83. The summed E-state index contributed by atoms with van der Waals surface area (Å²) in [5.41, 5.74) is 1.67. The van der Waals surface area contributed by atoms with Crippen molar-refractivity contribution >= 4 is 23.5 Å². The van der Waals surface area contributed by atoms with Gasteiger partial charge in [0, 0.05) is 16.6 Å². The van der Waals surface area contributed by atoms with Crippen LogP contribution in [0.5, 0.6) is 0 Å². The molecule has 1 aliphatic rings. The Morgan fingerprint density at radius 2 is 1.95 bits per heavy atom. The van der Waals surface area contributed by atoms with Crippen molar-refractivity contribution in [3.8, 4) is 0 Å². The minimum absolute atomic E-state index is 0.0329. The molecule has 1 aromatic carbocycles. The molecule has 2 N–H and O–H groups in total. The van der Waals surface area contributed by atoms with Crippen LogP contribution in [0, 0.1) is 0 Å². The highest BCUT2D eigenvalue weighted by Crippen LogP contribution is 2.33. The Labute approximate surface area is 133 Å². The minimum atomic E-state index is -1.08. The van der Waals surface area contributed by atoms with Crippen LogP contribution in [0.15, 0.2) is 47.3 Å². The van der Waals surface area contributed by atoms with Crippen LogP contribution < -0.4 is 5.32 Å². The Balaban J connectivity index is 2.49. The number of carbonyl (C=O) groups excluding carboxylic acids is 1. The van der Waals surface area contributed by atoms with Gasteiger partial charge < -0.3 is 15.2 Å². The molecule has 5 nitrogen and oxygen atoms in total. The first-order valence-electron chi connectivity index (χ1n) is 6.79. The molecule has 0 amide bonds. The van der Waals surface area contributed by atoms with Gasteiger partial charge in [-0.2, -0.15) is 0 Å². The van der Waals surface area contributed by atoms with E-state index in [9.17, 15) is 14.7 Å². The topological polar surface area (TPSA) is 75.6 Å². The van der Waals surface area contributed by atoms with Crippen LogP contribution in [0.25, 0.3) is 0 Å². The Morgan fingerprint density at radius 1 is 1.32 bits per heavy atom. The highest BCUT2D eigenvalue weighted by molar-refractivity contribution is 6.30. The van der Waals surface area contributed by atoms with E-state index in [2.05, 4.69) is 5.32 Å². The monoisotopic (exact) mass is 321 g/mol. The summed E-state index contributed by atoms with van der Waals surface area (Å²) in [5, 5.41) is 12.5. The highest BCUT2D eigenvalue weighted by atomic mass is 35.5.